The SMILES string of the molecule is O=C(Nc1cccc(Cl)c1Cl)C1CCN(C(=O)Nc2ccccc2)CC1. The average Bonchev–Trinajstić information content (AvgIpc) is 2.66. The number of hydrogen-bond donors (Lipinski definition) is 2. The monoisotopic (exact) mass is 391 g/mol. The van der Waals surface area contributed by atoms with Gasteiger partial charge in [0.2, 0.25) is 5.91 Å². The summed E-state index contributed by atoms with van der Waals surface area (Å²) in [6.07, 6.45) is 1.21. The summed E-state index contributed by atoms with van der Waals surface area (Å²) in [4.78, 5) is 26.5. The second-order valence-electron chi connectivity index (χ2n) is 6.15. The van der Waals surface area contributed by atoms with Gasteiger partial charge in [0.25, 0.3) is 0 Å². The lowest BCUT2D eigenvalue weighted by molar-refractivity contribution is -0.121. The molecule has 5 nitrogen and oxygen atoms in total. The molecule has 0 radical (unpaired) electrons. The van der Waals surface area contributed by atoms with Gasteiger partial charge in [-0.15, -0.1) is 0 Å². The molecule has 1 aliphatic heterocycles. The van der Waals surface area contributed by atoms with E-state index < -0.39 is 0 Å². The number of piperidine rings is 1. The number of halogens is 2. The normalized spacial score (nSPS) is 14.8. The Hall–Kier alpha value is -2.24. The van der Waals surface area contributed by atoms with E-state index in [9.17, 15) is 9.59 Å². The van der Waals surface area contributed by atoms with E-state index in [1.807, 2.05) is 30.3 Å². The van der Waals surface area contributed by atoms with Crippen molar-refractivity contribution in [1.29, 1.82) is 0 Å². The van der Waals surface area contributed by atoms with Gasteiger partial charge in [0.05, 0.1) is 15.7 Å². The molecule has 3 amide bonds. The van der Waals surface area contributed by atoms with Crippen molar-refractivity contribution < 1.29 is 9.59 Å². The van der Waals surface area contributed by atoms with Gasteiger partial charge in [-0.25, -0.2) is 4.79 Å². The number of nitrogens with one attached hydrogen (secondary N) is 2. The smallest absolute Gasteiger partial charge is 0.321 e. The molecule has 0 bridgehead atoms. The number of amides is 3. The Labute approximate surface area is 162 Å². The van der Waals surface area contributed by atoms with Crippen LogP contribution >= 0.6 is 23.2 Å². The van der Waals surface area contributed by atoms with Crippen LogP contribution in [0.1, 0.15) is 12.8 Å². The van der Waals surface area contributed by atoms with Crippen LogP contribution in [0, 0.1) is 5.92 Å². The van der Waals surface area contributed by atoms with E-state index >= 15 is 0 Å². The molecule has 0 spiro atoms. The highest BCUT2D eigenvalue weighted by Crippen LogP contribution is 2.30. The fourth-order valence-corrected chi connectivity index (χ4v) is 3.25. The number of urea groups is 1. The minimum atomic E-state index is -0.161. The molecule has 136 valence electrons. The molecule has 2 aromatic carbocycles. The number of rotatable bonds is 3. The standard InChI is InChI=1S/C19H19Cl2N3O2/c20-15-7-4-8-16(17(15)21)23-18(25)13-9-11-24(12-10-13)19(26)22-14-5-2-1-3-6-14/h1-8,13H,9-12H2,(H,22,26)(H,23,25). The zero-order valence-corrected chi connectivity index (χ0v) is 15.6. The van der Waals surface area contributed by atoms with Gasteiger partial charge in [-0.2, -0.15) is 0 Å². The van der Waals surface area contributed by atoms with E-state index in [1.165, 1.54) is 0 Å². The van der Waals surface area contributed by atoms with Gasteiger partial charge >= 0.3 is 6.03 Å². The summed E-state index contributed by atoms with van der Waals surface area (Å²) >= 11 is 12.1. The number of nitrogens with zero attached hydrogens (tertiary/aromatic N) is 1. The first kappa shape index (κ1) is 18.5. The van der Waals surface area contributed by atoms with Crippen LogP contribution in [0.3, 0.4) is 0 Å². The maximum atomic E-state index is 12.5. The minimum Gasteiger partial charge on any atom is -0.324 e. The molecule has 0 saturated carbocycles. The fraction of sp³-hybridized carbons (Fsp3) is 0.263. The number of anilines is 2. The van der Waals surface area contributed by atoms with Gasteiger partial charge in [0, 0.05) is 24.7 Å². The van der Waals surface area contributed by atoms with Crippen LogP contribution in [0.15, 0.2) is 48.5 Å². The van der Waals surface area contributed by atoms with Crippen molar-refractivity contribution in [3.63, 3.8) is 0 Å². The van der Waals surface area contributed by atoms with Crippen molar-refractivity contribution in [3.8, 4) is 0 Å². The van der Waals surface area contributed by atoms with E-state index in [-0.39, 0.29) is 17.9 Å². The van der Waals surface area contributed by atoms with Crippen molar-refractivity contribution >= 4 is 46.5 Å². The van der Waals surface area contributed by atoms with E-state index in [0.717, 1.165) is 5.69 Å². The van der Waals surface area contributed by atoms with Crippen molar-refractivity contribution in [2.75, 3.05) is 23.7 Å². The number of hydrogen-bond acceptors (Lipinski definition) is 2. The molecular formula is C19H19Cl2N3O2. The molecule has 3 rings (SSSR count). The van der Waals surface area contributed by atoms with Gasteiger partial charge in [-0.3, -0.25) is 4.79 Å². The molecule has 2 aromatic rings. The van der Waals surface area contributed by atoms with Gasteiger partial charge in [0.15, 0.2) is 0 Å². The number of likely N-dealkylation sites (tertiary alicyclic amines) is 1. The highest BCUT2D eigenvalue weighted by Gasteiger charge is 2.27. The lowest BCUT2D eigenvalue weighted by Crippen LogP contribution is -2.43. The summed E-state index contributed by atoms with van der Waals surface area (Å²) in [5, 5.41) is 6.43. The Morgan fingerprint density at radius 3 is 2.31 bits per heavy atom. The van der Waals surface area contributed by atoms with E-state index in [1.54, 1.807) is 23.1 Å². The molecule has 1 heterocycles. The highest BCUT2D eigenvalue weighted by molar-refractivity contribution is 6.44. The summed E-state index contributed by atoms with van der Waals surface area (Å²) in [6.45, 7) is 1.06. The van der Waals surface area contributed by atoms with Crippen LogP contribution in [0.5, 0.6) is 0 Å². The topological polar surface area (TPSA) is 61.4 Å². The Kier molecular flexibility index (Phi) is 6.01. The predicted molar refractivity (Wildman–Crippen MR) is 105 cm³/mol. The average molecular weight is 392 g/mol. The summed E-state index contributed by atoms with van der Waals surface area (Å²) in [5.74, 6) is -0.261. The number of carbonyl (C=O) groups excluding carboxylic acids is 2. The molecule has 0 atom stereocenters. The van der Waals surface area contributed by atoms with Crippen LogP contribution in [-0.2, 0) is 4.79 Å². The van der Waals surface area contributed by atoms with E-state index in [2.05, 4.69) is 10.6 Å². The van der Waals surface area contributed by atoms with Gasteiger partial charge in [-0.1, -0.05) is 47.5 Å². The first-order valence-corrected chi connectivity index (χ1v) is 9.16. The molecule has 1 fully saturated rings. The Balaban J connectivity index is 1.52. The predicted octanol–water partition coefficient (Wildman–Crippen LogP) is 4.88. The van der Waals surface area contributed by atoms with Crippen LogP contribution in [0.4, 0.5) is 16.2 Å². The molecule has 7 heteroatoms. The first-order valence-electron chi connectivity index (χ1n) is 8.40. The third-order valence-electron chi connectivity index (χ3n) is 4.39. The molecule has 26 heavy (non-hydrogen) atoms. The molecule has 0 aliphatic carbocycles. The summed E-state index contributed by atoms with van der Waals surface area (Å²) in [6, 6.07) is 14.3. The second kappa shape index (κ2) is 8.43. The van der Waals surface area contributed by atoms with Crippen LogP contribution in [-0.4, -0.2) is 29.9 Å². The van der Waals surface area contributed by atoms with E-state index in [4.69, 9.17) is 23.2 Å². The molecule has 0 unspecified atom stereocenters. The molecule has 2 N–H and O–H groups in total. The zero-order chi connectivity index (χ0) is 18.5. The summed E-state index contributed by atoms with van der Waals surface area (Å²) in [5.41, 5.74) is 1.27. The largest absolute Gasteiger partial charge is 0.324 e. The fourth-order valence-electron chi connectivity index (χ4n) is 2.90. The Morgan fingerprint density at radius 2 is 1.62 bits per heavy atom. The van der Waals surface area contributed by atoms with Gasteiger partial charge in [-0.05, 0) is 37.1 Å². The highest BCUT2D eigenvalue weighted by atomic mass is 35.5. The molecule has 1 aliphatic rings. The Bertz CT molecular complexity index is 791. The molecule has 0 aromatic heterocycles. The number of carbonyl (C=O) groups is 2. The third-order valence-corrected chi connectivity index (χ3v) is 5.21. The van der Waals surface area contributed by atoms with Crippen molar-refractivity contribution in [1.82, 2.24) is 4.90 Å². The maximum absolute atomic E-state index is 12.5. The van der Waals surface area contributed by atoms with E-state index in [0.29, 0.717) is 41.7 Å². The van der Waals surface area contributed by atoms with Gasteiger partial charge < -0.3 is 15.5 Å². The number of para-hydroxylation sites is 1. The molecule has 1 saturated heterocycles. The lowest BCUT2D eigenvalue weighted by atomic mass is 9.96. The maximum Gasteiger partial charge on any atom is 0.321 e. The van der Waals surface area contributed by atoms with Crippen LogP contribution in [0.2, 0.25) is 10.0 Å². The zero-order valence-electron chi connectivity index (χ0n) is 14.0. The first-order chi connectivity index (χ1) is 12.5. The van der Waals surface area contributed by atoms with Gasteiger partial charge in [0.1, 0.15) is 0 Å². The summed E-state index contributed by atoms with van der Waals surface area (Å²) < 4.78 is 0. The van der Waals surface area contributed by atoms with Crippen molar-refractivity contribution in [2.24, 2.45) is 5.92 Å². The minimum absolute atomic E-state index is 0.0997. The summed E-state index contributed by atoms with van der Waals surface area (Å²) in [7, 11) is 0. The number of benzene rings is 2. The lowest BCUT2D eigenvalue weighted by Gasteiger charge is -2.31. The Morgan fingerprint density at radius 1 is 0.923 bits per heavy atom. The van der Waals surface area contributed by atoms with Crippen LogP contribution in [0.25, 0.3) is 0 Å². The molecular weight excluding hydrogens is 373 g/mol. The third kappa shape index (κ3) is 4.48. The van der Waals surface area contributed by atoms with Crippen LogP contribution < -0.4 is 10.6 Å². The van der Waals surface area contributed by atoms with Crippen molar-refractivity contribution in [3.05, 3.63) is 58.6 Å². The van der Waals surface area contributed by atoms with Crippen molar-refractivity contribution in [2.45, 2.75) is 12.8 Å². The second-order valence-corrected chi connectivity index (χ2v) is 6.93. The quantitative estimate of drug-likeness (QED) is 0.783.